The summed E-state index contributed by atoms with van der Waals surface area (Å²) in [5.74, 6) is 0.136. The number of hydrogen-bond acceptors (Lipinski definition) is 2. The fourth-order valence-corrected chi connectivity index (χ4v) is 4.11. The van der Waals surface area contributed by atoms with E-state index in [1.165, 1.54) is 35.3 Å². The monoisotopic (exact) mass is 311 g/mol. The van der Waals surface area contributed by atoms with Crippen molar-refractivity contribution in [2.75, 3.05) is 14.1 Å². The first-order chi connectivity index (χ1) is 10.6. The Morgan fingerprint density at radius 2 is 1.77 bits per heavy atom. The first kappa shape index (κ1) is 15.2. The van der Waals surface area contributed by atoms with Crippen LogP contribution in [0.3, 0.4) is 0 Å². The minimum atomic E-state index is -0.185. The van der Waals surface area contributed by atoms with Crippen molar-refractivity contribution in [3.05, 3.63) is 65.2 Å². The van der Waals surface area contributed by atoms with Crippen LogP contribution < -0.4 is 0 Å². The predicted molar refractivity (Wildman–Crippen MR) is 92.2 cm³/mol. The van der Waals surface area contributed by atoms with Gasteiger partial charge in [-0.15, -0.1) is 11.8 Å². The SMILES string of the molecule is CN(C)C(=O)[C@@H](Sc1ccc2c(c1)CCC2)c1ccccc1. The van der Waals surface area contributed by atoms with Crippen molar-refractivity contribution >= 4 is 17.7 Å². The van der Waals surface area contributed by atoms with E-state index in [-0.39, 0.29) is 11.2 Å². The number of amides is 1. The highest BCUT2D eigenvalue weighted by Gasteiger charge is 2.24. The zero-order valence-corrected chi connectivity index (χ0v) is 13.9. The molecule has 1 aliphatic carbocycles. The van der Waals surface area contributed by atoms with Crippen LogP contribution in [0.25, 0.3) is 0 Å². The maximum atomic E-state index is 12.6. The van der Waals surface area contributed by atoms with E-state index in [2.05, 4.69) is 18.2 Å². The molecule has 0 fully saturated rings. The van der Waals surface area contributed by atoms with Crippen molar-refractivity contribution in [2.45, 2.75) is 29.4 Å². The molecule has 0 spiro atoms. The van der Waals surface area contributed by atoms with Crippen LogP contribution in [-0.2, 0) is 17.6 Å². The number of hydrogen-bond donors (Lipinski definition) is 0. The second-order valence-corrected chi connectivity index (χ2v) is 7.10. The molecule has 0 bridgehead atoms. The maximum absolute atomic E-state index is 12.6. The molecule has 0 unspecified atom stereocenters. The lowest BCUT2D eigenvalue weighted by Crippen LogP contribution is -2.26. The van der Waals surface area contributed by atoms with E-state index in [1.807, 2.05) is 44.4 Å². The third-order valence-corrected chi connectivity index (χ3v) is 5.33. The maximum Gasteiger partial charge on any atom is 0.240 e. The fraction of sp³-hybridized carbons (Fsp3) is 0.316. The Morgan fingerprint density at radius 1 is 1.05 bits per heavy atom. The number of carbonyl (C=O) groups is 1. The fourth-order valence-electron chi connectivity index (χ4n) is 2.88. The summed E-state index contributed by atoms with van der Waals surface area (Å²) in [5, 5.41) is -0.185. The Kier molecular flexibility index (Phi) is 4.53. The molecule has 2 nitrogen and oxygen atoms in total. The van der Waals surface area contributed by atoms with E-state index in [0.29, 0.717) is 0 Å². The second kappa shape index (κ2) is 6.57. The van der Waals surface area contributed by atoms with Crippen LogP contribution >= 0.6 is 11.8 Å². The molecule has 0 N–H and O–H groups in total. The lowest BCUT2D eigenvalue weighted by atomic mass is 10.1. The normalized spacial score (nSPS) is 14.5. The van der Waals surface area contributed by atoms with Gasteiger partial charge in [0.2, 0.25) is 5.91 Å². The molecule has 3 heteroatoms. The van der Waals surface area contributed by atoms with Gasteiger partial charge >= 0.3 is 0 Å². The zero-order chi connectivity index (χ0) is 15.5. The van der Waals surface area contributed by atoms with E-state index in [0.717, 1.165) is 5.56 Å². The van der Waals surface area contributed by atoms with Crippen LogP contribution in [0.1, 0.15) is 28.4 Å². The second-order valence-electron chi connectivity index (χ2n) is 5.93. The van der Waals surface area contributed by atoms with Crippen LogP contribution in [0.4, 0.5) is 0 Å². The van der Waals surface area contributed by atoms with Gasteiger partial charge in [-0.1, -0.05) is 36.4 Å². The highest BCUT2D eigenvalue weighted by Crippen LogP contribution is 2.38. The number of aryl methyl sites for hydroxylation is 2. The Balaban J connectivity index is 1.88. The van der Waals surface area contributed by atoms with E-state index in [4.69, 9.17) is 0 Å². The number of nitrogens with zero attached hydrogens (tertiary/aromatic N) is 1. The van der Waals surface area contributed by atoms with Crippen LogP contribution in [0, 0.1) is 0 Å². The van der Waals surface area contributed by atoms with Gasteiger partial charge in [0.1, 0.15) is 5.25 Å². The summed E-state index contributed by atoms with van der Waals surface area (Å²) in [5.41, 5.74) is 3.99. The standard InChI is InChI=1S/C19H21NOS/c1-20(2)19(21)18(15-7-4-3-5-8-15)22-17-12-11-14-9-6-10-16(14)13-17/h3-5,7-8,11-13,18H,6,9-10H2,1-2H3/t18-/m0/s1. The van der Waals surface area contributed by atoms with Gasteiger partial charge in [-0.05, 0) is 48.1 Å². The molecular weight excluding hydrogens is 290 g/mol. The third kappa shape index (κ3) is 3.20. The minimum Gasteiger partial charge on any atom is -0.348 e. The Hall–Kier alpha value is -1.74. The average molecular weight is 311 g/mol. The summed E-state index contributed by atoms with van der Waals surface area (Å²) < 4.78 is 0. The number of likely N-dealkylation sites (N-methyl/N-ethyl adjacent to an activating group) is 1. The van der Waals surface area contributed by atoms with E-state index < -0.39 is 0 Å². The largest absolute Gasteiger partial charge is 0.348 e. The van der Waals surface area contributed by atoms with Crippen LogP contribution in [0.15, 0.2) is 53.4 Å². The molecule has 0 radical (unpaired) electrons. The molecule has 1 aliphatic rings. The number of benzene rings is 2. The molecule has 3 rings (SSSR count). The lowest BCUT2D eigenvalue weighted by Gasteiger charge is -2.21. The van der Waals surface area contributed by atoms with Crippen LogP contribution in [-0.4, -0.2) is 24.9 Å². The van der Waals surface area contributed by atoms with Gasteiger partial charge in [-0.2, -0.15) is 0 Å². The number of rotatable bonds is 4. The van der Waals surface area contributed by atoms with Crippen molar-refractivity contribution in [2.24, 2.45) is 0 Å². The molecule has 114 valence electrons. The Bertz CT molecular complexity index is 666. The van der Waals surface area contributed by atoms with Crippen molar-refractivity contribution in [1.82, 2.24) is 4.90 Å². The molecule has 0 saturated carbocycles. The average Bonchev–Trinajstić information content (AvgIpc) is 3.00. The highest BCUT2D eigenvalue weighted by atomic mass is 32.2. The van der Waals surface area contributed by atoms with Crippen molar-refractivity contribution < 1.29 is 4.79 Å². The van der Waals surface area contributed by atoms with E-state index in [9.17, 15) is 4.79 Å². The highest BCUT2D eigenvalue weighted by molar-refractivity contribution is 8.00. The van der Waals surface area contributed by atoms with Gasteiger partial charge < -0.3 is 4.90 Å². The molecule has 0 aliphatic heterocycles. The van der Waals surface area contributed by atoms with E-state index >= 15 is 0 Å². The lowest BCUT2D eigenvalue weighted by molar-refractivity contribution is -0.128. The van der Waals surface area contributed by atoms with Gasteiger partial charge in [0.15, 0.2) is 0 Å². The molecule has 2 aromatic rings. The first-order valence-electron chi connectivity index (χ1n) is 7.70. The summed E-state index contributed by atoms with van der Waals surface area (Å²) in [6.07, 6.45) is 3.61. The number of fused-ring (bicyclic) bond motifs is 1. The van der Waals surface area contributed by atoms with Crippen molar-refractivity contribution in [1.29, 1.82) is 0 Å². The molecular formula is C19H21NOS. The van der Waals surface area contributed by atoms with E-state index in [1.54, 1.807) is 16.7 Å². The molecule has 22 heavy (non-hydrogen) atoms. The van der Waals surface area contributed by atoms with Gasteiger partial charge in [-0.25, -0.2) is 0 Å². The van der Waals surface area contributed by atoms with Crippen molar-refractivity contribution in [3.63, 3.8) is 0 Å². The molecule has 2 aromatic carbocycles. The predicted octanol–water partition coefficient (Wildman–Crippen LogP) is 4.10. The quantitative estimate of drug-likeness (QED) is 0.792. The molecule has 0 heterocycles. The molecule has 0 saturated heterocycles. The smallest absolute Gasteiger partial charge is 0.240 e. The zero-order valence-electron chi connectivity index (χ0n) is 13.1. The number of thioether (sulfide) groups is 1. The van der Waals surface area contributed by atoms with Crippen LogP contribution in [0.2, 0.25) is 0 Å². The summed E-state index contributed by atoms with van der Waals surface area (Å²) in [6, 6.07) is 16.7. The van der Waals surface area contributed by atoms with Gasteiger partial charge in [0, 0.05) is 19.0 Å². The van der Waals surface area contributed by atoms with Gasteiger partial charge in [-0.3, -0.25) is 4.79 Å². The molecule has 1 atom stereocenters. The van der Waals surface area contributed by atoms with Gasteiger partial charge in [0.25, 0.3) is 0 Å². The summed E-state index contributed by atoms with van der Waals surface area (Å²) in [4.78, 5) is 15.5. The van der Waals surface area contributed by atoms with Crippen molar-refractivity contribution in [3.8, 4) is 0 Å². The first-order valence-corrected chi connectivity index (χ1v) is 8.57. The summed E-state index contributed by atoms with van der Waals surface area (Å²) >= 11 is 1.65. The summed E-state index contributed by atoms with van der Waals surface area (Å²) in [6.45, 7) is 0. The third-order valence-electron chi connectivity index (χ3n) is 4.09. The summed E-state index contributed by atoms with van der Waals surface area (Å²) in [7, 11) is 3.64. The molecule has 0 aromatic heterocycles. The minimum absolute atomic E-state index is 0.136. The topological polar surface area (TPSA) is 20.3 Å². The number of carbonyl (C=O) groups excluding carboxylic acids is 1. The molecule has 1 amide bonds. The Morgan fingerprint density at radius 3 is 2.50 bits per heavy atom. The Labute approximate surface area is 136 Å². The van der Waals surface area contributed by atoms with Gasteiger partial charge in [0.05, 0.1) is 0 Å². The van der Waals surface area contributed by atoms with Crippen LogP contribution in [0.5, 0.6) is 0 Å².